The maximum atomic E-state index is 12.0. The second kappa shape index (κ2) is 12.6. The minimum absolute atomic E-state index is 0.178. The summed E-state index contributed by atoms with van der Waals surface area (Å²) < 4.78 is 0. The van der Waals surface area contributed by atoms with Gasteiger partial charge in [0, 0.05) is 6.42 Å². The van der Waals surface area contributed by atoms with E-state index in [9.17, 15) is 24.0 Å². The van der Waals surface area contributed by atoms with Gasteiger partial charge in [-0.2, -0.15) is 0 Å². The lowest BCUT2D eigenvalue weighted by Crippen LogP contribution is -2.51. The fourth-order valence-corrected chi connectivity index (χ4v) is 1.99. The lowest BCUT2D eigenvalue weighted by molar-refractivity contribution is -0.142. The number of carbonyl (C=O) groups excluding carboxylic acids is 3. The summed E-state index contributed by atoms with van der Waals surface area (Å²) in [6.07, 6.45) is 1.10. The van der Waals surface area contributed by atoms with Gasteiger partial charge >= 0.3 is 11.9 Å². The van der Waals surface area contributed by atoms with Crippen molar-refractivity contribution in [3.63, 3.8) is 0 Å². The van der Waals surface area contributed by atoms with Gasteiger partial charge in [-0.25, -0.2) is 4.79 Å². The number of aliphatic carboxylic acids is 2. The largest absolute Gasteiger partial charge is 0.481 e. The molecule has 26 heavy (non-hydrogen) atoms. The van der Waals surface area contributed by atoms with Crippen molar-refractivity contribution in [3.8, 4) is 0 Å². The Kier molecular flexibility index (Phi) is 11.3. The molecule has 11 nitrogen and oxygen atoms in total. The molecule has 0 fully saturated rings. The first-order valence-electron chi connectivity index (χ1n) is 8.22. The summed E-state index contributed by atoms with van der Waals surface area (Å²) in [5, 5.41) is 24.5. The second-order valence-electron chi connectivity index (χ2n) is 5.58. The Labute approximate surface area is 150 Å². The van der Waals surface area contributed by atoms with Crippen LogP contribution < -0.4 is 21.7 Å². The fraction of sp³-hybridized carbons (Fsp3) is 0.667. The maximum Gasteiger partial charge on any atom is 0.326 e. The van der Waals surface area contributed by atoms with Crippen molar-refractivity contribution in [2.45, 2.75) is 51.1 Å². The van der Waals surface area contributed by atoms with Crippen molar-refractivity contribution < 1.29 is 34.2 Å². The first-order chi connectivity index (χ1) is 12.2. The minimum atomic E-state index is -1.17. The Bertz CT molecular complexity index is 524. The number of carboxylic acids is 2. The molecular weight excluding hydrogens is 348 g/mol. The van der Waals surface area contributed by atoms with Crippen LogP contribution in [0.3, 0.4) is 0 Å². The zero-order valence-corrected chi connectivity index (χ0v) is 14.6. The van der Waals surface area contributed by atoms with Crippen LogP contribution in [0.2, 0.25) is 0 Å². The summed E-state index contributed by atoms with van der Waals surface area (Å²) in [7, 11) is 0. The van der Waals surface area contributed by atoms with Crippen LogP contribution in [-0.2, 0) is 24.0 Å². The number of nitrogens with two attached hydrogens (primary N) is 1. The Balaban J connectivity index is 4.61. The smallest absolute Gasteiger partial charge is 0.326 e. The number of amides is 3. The molecule has 0 aliphatic rings. The lowest BCUT2D eigenvalue weighted by atomic mass is 10.1. The van der Waals surface area contributed by atoms with Crippen molar-refractivity contribution in [1.82, 2.24) is 16.0 Å². The molecule has 2 atom stereocenters. The number of hydrogen-bond donors (Lipinski definition) is 6. The quantitative estimate of drug-likeness (QED) is 0.217. The van der Waals surface area contributed by atoms with Crippen LogP contribution in [0, 0.1) is 0 Å². The normalized spacial score (nSPS) is 12.5. The van der Waals surface area contributed by atoms with E-state index in [1.165, 1.54) is 0 Å². The van der Waals surface area contributed by atoms with Gasteiger partial charge in [-0.1, -0.05) is 19.8 Å². The van der Waals surface area contributed by atoms with Crippen molar-refractivity contribution in [3.05, 3.63) is 0 Å². The lowest BCUT2D eigenvalue weighted by Gasteiger charge is -2.18. The number of hydrogen-bond acceptors (Lipinski definition) is 6. The fourth-order valence-electron chi connectivity index (χ4n) is 1.99. The Morgan fingerprint density at radius 3 is 2.08 bits per heavy atom. The number of unbranched alkanes of at least 4 members (excludes halogenated alkanes) is 1. The first kappa shape index (κ1) is 23.3. The van der Waals surface area contributed by atoms with Gasteiger partial charge in [-0.3, -0.25) is 19.2 Å². The van der Waals surface area contributed by atoms with Crippen LogP contribution in [0.1, 0.15) is 39.0 Å². The molecular formula is C15H26N4O7. The summed E-state index contributed by atoms with van der Waals surface area (Å²) in [5.41, 5.74) is 5.14. The van der Waals surface area contributed by atoms with E-state index in [4.69, 9.17) is 15.9 Å². The van der Waals surface area contributed by atoms with E-state index in [0.29, 0.717) is 6.42 Å². The van der Waals surface area contributed by atoms with Gasteiger partial charge in [-0.05, 0) is 12.8 Å². The van der Waals surface area contributed by atoms with E-state index in [2.05, 4.69) is 16.0 Å². The molecule has 0 saturated heterocycles. The predicted octanol–water partition coefficient (Wildman–Crippen LogP) is -1.83. The van der Waals surface area contributed by atoms with E-state index in [1.54, 1.807) is 0 Å². The number of rotatable bonds is 13. The third kappa shape index (κ3) is 10.2. The first-order valence-corrected chi connectivity index (χ1v) is 8.22. The van der Waals surface area contributed by atoms with E-state index in [0.717, 1.165) is 6.42 Å². The molecule has 148 valence electrons. The predicted molar refractivity (Wildman–Crippen MR) is 90.0 cm³/mol. The molecule has 0 spiro atoms. The van der Waals surface area contributed by atoms with Crippen LogP contribution in [-0.4, -0.2) is 65.0 Å². The van der Waals surface area contributed by atoms with Gasteiger partial charge in [0.05, 0.1) is 13.1 Å². The van der Waals surface area contributed by atoms with E-state index in [1.807, 2.05) is 6.92 Å². The second-order valence-corrected chi connectivity index (χ2v) is 5.58. The Morgan fingerprint density at radius 1 is 0.962 bits per heavy atom. The molecule has 0 aromatic heterocycles. The highest BCUT2D eigenvalue weighted by Crippen LogP contribution is 2.01. The average molecular weight is 374 g/mol. The zero-order chi connectivity index (χ0) is 20.1. The Morgan fingerprint density at radius 2 is 1.58 bits per heavy atom. The molecule has 0 aliphatic carbocycles. The molecule has 0 aromatic rings. The molecule has 0 unspecified atom stereocenters. The summed E-state index contributed by atoms with van der Waals surface area (Å²) in [6, 6.07) is -2.22. The minimum Gasteiger partial charge on any atom is -0.481 e. The zero-order valence-electron chi connectivity index (χ0n) is 14.6. The monoisotopic (exact) mass is 374 g/mol. The van der Waals surface area contributed by atoms with Crippen LogP contribution >= 0.6 is 0 Å². The number of carboxylic acid groups (broad SMARTS) is 2. The molecule has 0 radical (unpaired) electrons. The van der Waals surface area contributed by atoms with Crippen LogP contribution in [0.5, 0.6) is 0 Å². The summed E-state index contributed by atoms with van der Waals surface area (Å²) in [5.74, 6) is -4.44. The van der Waals surface area contributed by atoms with Gasteiger partial charge in [-0.15, -0.1) is 0 Å². The van der Waals surface area contributed by atoms with Crippen molar-refractivity contribution >= 4 is 29.7 Å². The maximum absolute atomic E-state index is 12.0. The van der Waals surface area contributed by atoms with Gasteiger partial charge in [0.2, 0.25) is 17.7 Å². The standard InChI is InChI=1S/C15H26N4O7/c1-2-3-4-10(15(25)26)19-12(21)8-17-14(24)9(5-6-13(22)23)18-11(20)7-16/h9-10H,2-8,16H2,1H3,(H,17,24)(H,18,20)(H,19,21)(H,22,23)(H,25,26)/t9-,10-/m0/s1. The number of carbonyl (C=O) groups is 5. The van der Waals surface area contributed by atoms with E-state index < -0.39 is 48.3 Å². The van der Waals surface area contributed by atoms with Gasteiger partial charge in [0.15, 0.2) is 0 Å². The highest BCUT2D eigenvalue weighted by molar-refractivity contribution is 5.92. The average Bonchev–Trinajstić information content (AvgIpc) is 2.59. The van der Waals surface area contributed by atoms with Crippen molar-refractivity contribution in [1.29, 1.82) is 0 Å². The van der Waals surface area contributed by atoms with Crippen molar-refractivity contribution in [2.24, 2.45) is 5.73 Å². The summed E-state index contributed by atoms with van der Waals surface area (Å²) >= 11 is 0. The molecule has 11 heteroatoms. The summed E-state index contributed by atoms with van der Waals surface area (Å²) in [4.78, 5) is 56.9. The third-order valence-corrected chi connectivity index (χ3v) is 3.39. The van der Waals surface area contributed by atoms with Gasteiger partial charge < -0.3 is 31.9 Å². The highest BCUT2D eigenvalue weighted by atomic mass is 16.4. The van der Waals surface area contributed by atoms with E-state index >= 15 is 0 Å². The summed E-state index contributed by atoms with van der Waals surface area (Å²) in [6.45, 7) is 1.000. The molecule has 3 amide bonds. The van der Waals surface area contributed by atoms with Gasteiger partial charge in [0.1, 0.15) is 12.1 Å². The van der Waals surface area contributed by atoms with Crippen LogP contribution in [0.15, 0.2) is 0 Å². The highest BCUT2D eigenvalue weighted by Gasteiger charge is 2.23. The van der Waals surface area contributed by atoms with Gasteiger partial charge in [0.25, 0.3) is 0 Å². The molecule has 0 rings (SSSR count). The van der Waals surface area contributed by atoms with E-state index in [-0.39, 0.29) is 25.8 Å². The SMILES string of the molecule is CCCC[C@H](NC(=O)CNC(=O)[C@H](CCC(=O)O)NC(=O)CN)C(=O)O. The van der Waals surface area contributed by atoms with Crippen LogP contribution in [0.25, 0.3) is 0 Å². The molecule has 0 aliphatic heterocycles. The molecule has 0 heterocycles. The Hall–Kier alpha value is -2.69. The van der Waals surface area contributed by atoms with Crippen LogP contribution in [0.4, 0.5) is 0 Å². The molecule has 0 saturated carbocycles. The topological polar surface area (TPSA) is 188 Å². The third-order valence-electron chi connectivity index (χ3n) is 3.39. The number of nitrogens with one attached hydrogen (secondary N) is 3. The van der Waals surface area contributed by atoms with Crippen molar-refractivity contribution in [2.75, 3.05) is 13.1 Å². The molecule has 0 bridgehead atoms. The molecule has 0 aromatic carbocycles. The molecule has 7 N–H and O–H groups in total.